The molecule has 7 nitrogen and oxygen atoms in total. The molecule has 2 unspecified atom stereocenters. The number of urea groups is 1. The van der Waals surface area contributed by atoms with Crippen LogP contribution in [0.5, 0.6) is 0 Å². The van der Waals surface area contributed by atoms with E-state index < -0.39 is 17.8 Å². The monoisotopic (exact) mass is 256 g/mol. The van der Waals surface area contributed by atoms with Gasteiger partial charge in [0.05, 0.1) is 38.5 Å². The van der Waals surface area contributed by atoms with E-state index in [0.717, 1.165) is 9.80 Å². The van der Waals surface area contributed by atoms with E-state index in [9.17, 15) is 14.4 Å². The van der Waals surface area contributed by atoms with Crippen molar-refractivity contribution in [3.63, 3.8) is 0 Å². The number of hydrogen-bond acceptors (Lipinski definition) is 5. The molecular weight excluding hydrogens is 240 g/mol. The van der Waals surface area contributed by atoms with Crippen molar-refractivity contribution >= 4 is 17.8 Å². The Morgan fingerprint density at radius 3 is 1.50 bits per heavy atom. The van der Waals surface area contributed by atoms with Gasteiger partial charge in [-0.1, -0.05) is 0 Å². The van der Waals surface area contributed by atoms with Crippen LogP contribution in [-0.2, 0) is 19.1 Å². The van der Waals surface area contributed by atoms with Gasteiger partial charge in [-0.3, -0.25) is 19.4 Å². The van der Waals surface area contributed by atoms with Crippen molar-refractivity contribution in [1.29, 1.82) is 0 Å². The fourth-order valence-electron chi connectivity index (χ4n) is 1.58. The summed E-state index contributed by atoms with van der Waals surface area (Å²) in [6.07, 6.45) is -0.187. The Morgan fingerprint density at radius 2 is 1.28 bits per heavy atom. The minimum atomic E-state index is -0.596. The van der Waals surface area contributed by atoms with Crippen molar-refractivity contribution in [3.8, 4) is 0 Å². The Morgan fingerprint density at radius 1 is 0.944 bits per heavy atom. The van der Waals surface area contributed by atoms with E-state index in [0.29, 0.717) is 13.2 Å². The maximum atomic E-state index is 12.2. The number of carbonyl (C=O) groups is 3. The summed E-state index contributed by atoms with van der Waals surface area (Å²) in [6, 6.07) is -0.596. The Kier molecular flexibility index (Phi) is 3.63. The molecule has 2 aliphatic rings. The summed E-state index contributed by atoms with van der Waals surface area (Å²) in [5.74, 6) is -0.781. The van der Waals surface area contributed by atoms with Crippen molar-refractivity contribution in [2.24, 2.45) is 0 Å². The third-order valence-corrected chi connectivity index (χ3v) is 2.80. The summed E-state index contributed by atoms with van der Waals surface area (Å²) in [5.41, 5.74) is 0. The van der Waals surface area contributed by atoms with E-state index in [2.05, 4.69) is 0 Å². The molecule has 7 heteroatoms. The maximum Gasteiger partial charge on any atom is 0.333 e. The van der Waals surface area contributed by atoms with Crippen molar-refractivity contribution < 1.29 is 23.9 Å². The molecule has 0 N–H and O–H groups in total. The van der Waals surface area contributed by atoms with Crippen molar-refractivity contribution in [1.82, 2.24) is 9.80 Å². The van der Waals surface area contributed by atoms with Gasteiger partial charge in [0.15, 0.2) is 0 Å². The predicted molar refractivity (Wildman–Crippen MR) is 59.7 cm³/mol. The van der Waals surface area contributed by atoms with Gasteiger partial charge in [-0.05, 0) is 0 Å². The van der Waals surface area contributed by atoms with E-state index in [-0.39, 0.29) is 25.3 Å². The van der Waals surface area contributed by atoms with Gasteiger partial charge in [0.2, 0.25) is 11.8 Å². The molecule has 0 radical (unpaired) electrons. The van der Waals surface area contributed by atoms with Crippen LogP contribution >= 0.6 is 0 Å². The van der Waals surface area contributed by atoms with E-state index in [4.69, 9.17) is 9.47 Å². The molecule has 2 rings (SSSR count). The molecule has 0 bridgehead atoms. The number of hydrogen-bond donors (Lipinski definition) is 0. The fraction of sp³-hybridized carbons (Fsp3) is 0.727. The molecule has 0 aromatic carbocycles. The fourth-order valence-corrected chi connectivity index (χ4v) is 1.58. The number of nitrogens with zero attached hydrogens (tertiary/aromatic N) is 2. The third-order valence-electron chi connectivity index (χ3n) is 2.80. The van der Waals surface area contributed by atoms with Crippen molar-refractivity contribution in [3.05, 3.63) is 0 Å². The standard InChI is InChI=1S/C11H16N2O5/c1-7(14)12(3-9-5-17-9)11(16)13(8(2)15)4-10-6-18-10/h9-10H,3-6H2,1-2H3. The minimum absolute atomic E-state index is 0.0937. The first kappa shape index (κ1) is 13.0. The molecule has 2 atom stereocenters. The number of rotatable bonds is 4. The normalized spacial score (nSPS) is 24.3. The first-order chi connectivity index (χ1) is 8.49. The van der Waals surface area contributed by atoms with Crippen LogP contribution in [0.3, 0.4) is 0 Å². The summed E-state index contributed by atoms with van der Waals surface area (Å²) in [5, 5.41) is 0. The summed E-state index contributed by atoms with van der Waals surface area (Å²) in [7, 11) is 0. The Labute approximate surface area is 105 Å². The second kappa shape index (κ2) is 5.03. The molecule has 2 fully saturated rings. The van der Waals surface area contributed by atoms with E-state index >= 15 is 0 Å². The van der Waals surface area contributed by atoms with Gasteiger partial charge in [0.1, 0.15) is 0 Å². The zero-order valence-corrected chi connectivity index (χ0v) is 10.4. The highest BCUT2D eigenvalue weighted by molar-refractivity contribution is 6.01. The molecule has 2 heterocycles. The minimum Gasteiger partial charge on any atom is -0.371 e. The molecule has 18 heavy (non-hydrogen) atoms. The molecule has 0 aromatic rings. The second-order valence-electron chi connectivity index (χ2n) is 4.45. The molecule has 2 aliphatic heterocycles. The number of imide groups is 2. The van der Waals surface area contributed by atoms with Crippen LogP contribution < -0.4 is 0 Å². The van der Waals surface area contributed by atoms with Gasteiger partial charge in [0, 0.05) is 13.8 Å². The van der Waals surface area contributed by atoms with Gasteiger partial charge >= 0.3 is 6.03 Å². The lowest BCUT2D eigenvalue weighted by molar-refractivity contribution is -0.129. The van der Waals surface area contributed by atoms with Crippen LogP contribution in [-0.4, -0.2) is 66.2 Å². The highest BCUT2D eigenvalue weighted by Crippen LogP contribution is 2.16. The highest BCUT2D eigenvalue weighted by atomic mass is 16.6. The first-order valence-corrected chi connectivity index (χ1v) is 5.82. The lowest BCUT2D eigenvalue weighted by atomic mass is 10.3. The van der Waals surface area contributed by atoms with Gasteiger partial charge in [-0.15, -0.1) is 0 Å². The number of ether oxygens (including phenoxy) is 2. The van der Waals surface area contributed by atoms with E-state index in [1.165, 1.54) is 13.8 Å². The lowest BCUT2D eigenvalue weighted by Gasteiger charge is -2.25. The second-order valence-corrected chi connectivity index (χ2v) is 4.45. The molecule has 0 spiro atoms. The van der Waals surface area contributed by atoms with Crippen LogP contribution in [0.15, 0.2) is 0 Å². The average molecular weight is 256 g/mol. The van der Waals surface area contributed by atoms with Crippen LogP contribution in [0.25, 0.3) is 0 Å². The largest absolute Gasteiger partial charge is 0.371 e. The van der Waals surface area contributed by atoms with Crippen LogP contribution in [0.2, 0.25) is 0 Å². The van der Waals surface area contributed by atoms with Crippen LogP contribution in [0.4, 0.5) is 4.79 Å². The van der Waals surface area contributed by atoms with Gasteiger partial charge in [-0.25, -0.2) is 4.79 Å². The number of amides is 4. The lowest BCUT2D eigenvalue weighted by Crippen LogP contribution is -2.50. The zero-order chi connectivity index (χ0) is 13.3. The summed E-state index contributed by atoms with van der Waals surface area (Å²) in [4.78, 5) is 37.2. The average Bonchev–Trinajstić information content (AvgIpc) is 3.14. The quantitative estimate of drug-likeness (QED) is 0.639. The summed E-state index contributed by atoms with van der Waals surface area (Å²) in [6.45, 7) is 4.08. The smallest absolute Gasteiger partial charge is 0.333 e. The topological polar surface area (TPSA) is 82.8 Å². The van der Waals surface area contributed by atoms with E-state index in [1.807, 2.05) is 0 Å². The number of epoxide rings is 2. The Balaban J connectivity index is 2.02. The molecule has 0 aromatic heterocycles. The summed E-state index contributed by atoms with van der Waals surface area (Å²) < 4.78 is 10.00. The van der Waals surface area contributed by atoms with Crippen molar-refractivity contribution in [2.75, 3.05) is 26.3 Å². The van der Waals surface area contributed by atoms with Crippen LogP contribution in [0, 0.1) is 0 Å². The van der Waals surface area contributed by atoms with Crippen LogP contribution in [0.1, 0.15) is 13.8 Å². The molecular formula is C11H16N2O5. The molecule has 4 amide bonds. The zero-order valence-electron chi connectivity index (χ0n) is 10.4. The highest BCUT2D eigenvalue weighted by Gasteiger charge is 2.36. The Bertz CT molecular complexity index is 342. The number of carbonyl (C=O) groups excluding carboxylic acids is 3. The maximum absolute atomic E-state index is 12.2. The summed E-state index contributed by atoms with van der Waals surface area (Å²) >= 11 is 0. The SMILES string of the molecule is CC(=O)N(CC1CO1)C(=O)N(CC1CO1)C(C)=O. The predicted octanol–water partition coefficient (Wildman–Crippen LogP) is -0.399. The molecule has 0 saturated carbocycles. The van der Waals surface area contributed by atoms with E-state index in [1.54, 1.807) is 0 Å². The third kappa shape index (κ3) is 3.27. The molecule has 100 valence electrons. The molecule has 2 saturated heterocycles. The van der Waals surface area contributed by atoms with Gasteiger partial charge in [0.25, 0.3) is 0 Å². The van der Waals surface area contributed by atoms with Gasteiger partial charge < -0.3 is 9.47 Å². The Hall–Kier alpha value is -1.47. The van der Waals surface area contributed by atoms with Gasteiger partial charge in [-0.2, -0.15) is 0 Å². The molecule has 0 aliphatic carbocycles. The van der Waals surface area contributed by atoms with Crippen molar-refractivity contribution in [2.45, 2.75) is 26.1 Å². The first-order valence-electron chi connectivity index (χ1n) is 5.82.